The number of oxazole rings is 1. The Morgan fingerprint density at radius 2 is 1.92 bits per heavy atom. The van der Waals surface area contributed by atoms with Crippen molar-refractivity contribution in [2.75, 3.05) is 6.61 Å². The van der Waals surface area contributed by atoms with Crippen molar-refractivity contribution in [2.24, 2.45) is 13.0 Å². The van der Waals surface area contributed by atoms with Gasteiger partial charge in [-0.2, -0.15) is 0 Å². The minimum absolute atomic E-state index is 0.145. The molecule has 0 bridgehead atoms. The summed E-state index contributed by atoms with van der Waals surface area (Å²) in [5.41, 5.74) is 0.650. The Morgan fingerprint density at radius 3 is 2.58 bits per heavy atom. The highest BCUT2D eigenvalue weighted by Crippen LogP contribution is 2.36. The van der Waals surface area contributed by atoms with Gasteiger partial charge in [-0.1, -0.05) is 13.8 Å². The summed E-state index contributed by atoms with van der Waals surface area (Å²) in [7, 11) is 1.72. The summed E-state index contributed by atoms with van der Waals surface area (Å²) in [6, 6.07) is 5.30. The number of alkyl carbamates (subject to hydrolysis) is 1. The summed E-state index contributed by atoms with van der Waals surface area (Å²) in [5.74, 6) is 1.37. The van der Waals surface area contributed by atoms with Gasteiger partial charge in [0, 0.05) is 30.9 Å². The molecule has 0 saturated carbocycles. The second-order valence-corrected chi connectivity index (χ2v) is 10.3. The second-order valence-electron chi connectivity index (χ2n) is 10.3. The zero-order valence-corrected chi connectivity index (χ0v) is 21.5. The number of hydrogen-bond acceptors (Lipinski definition) is 7. The summed E-state index contributed by atoms with van der Waals surface area (Å²) >= 11 is 0. The molecule has 1 atom stereocenters. The lowest BCUT2D eigenvalue weighted by molar-refractivity contribution is 0.0480. The van der Waals surface area contributed by atoms with E-state index in [2.05, 4.69) is 29.1 Å². The van der Waals surface area contributed by atoms with Crippen LogP contribution >= 0.6 is 0 Å². The van der Waals surface area contributed by atoms with E-state index in [4.69, 9.17) is 13.9 Å². The van der Waals surface area contributed by atoms with Crippen LogP contribution in [0, 0.1) is 5.92 Å². The Morgan fingerprint density at radius 1 is 1.14 bits per heavy atom. The molecule has 0 saturated heterocycles. The lowest BCUT2D eigenvalue weighted by Gasteiger charge is -2.25. The highest BCUT2D eigenvalue weighted by atomic mass is 16.6. The Bertz CT molecular complexity index is 1430. The SMILES string of the molecule is CC(C)C[C@@H](COc1cc2c(cc1-c1cnco1)c1ccncc1c(=O)n2C)NC(=O)OC(C)(C)C. The minimum atomic E-state index is -0.603. The fourth-order valence-electron chi connectivity index (χ4n) is 4.22. The van der Waals surface area contributed by atoms with Crippen molar-refractivity contribution in [3.63, 3.8) is 0 Å². The van der Waals surface area contributed by atoms with Gasteiger partial charge in [0.25, 0.3) is 5.56 Å². The van der Waals surface area contributed by atoms with Gasteiger partial charge in [0.2, 0.25) is 0 Å². The number of benzene rings is 1. The number of ether oxygens (including phenoxy) is 2. The van der Waals surface area contributed by atoms with E-state index in [1.54, 1.807) is 30.2 Å². The summed E-state index contributed by atoms with van der Waals surface area (Å²) < 4.78 is 18.9. The van der Waals surface area contributed by atoms with Crippen molar-refractivity contribution in [3.8, 4) is 17.1 Å². The Labute approximate surface area is 209 Å². The van der Waals surface area contributed by atoms with E-state index in [1.165, 1.54) is 6.39 Å². The quantitative estimate of drug-likeness (QED) is 0.359. The van der Waals surface area contributed by atoms with Crippen LogP contribution in [0.1, 0.15) is 41.0 Å². The van der Waals surface area contributed by atoms with E-state index in [-0.39, 0.29) is 18.2 Å². The highest BCUT2D eigenvalue weighted by molar-refractivity contribution is 6.07. The molecule has 0 aliphatic rings. The molecule has 1 N–H and O–H groups in total. The molecule has 0 unspecified atom stereocenters. The van der Waals surface area contributed by atoms with Crippen molar-refractivity contribution in [3.05, 3.63) is 53.5 Å². The number of aromatic nitrogens is 3. The van der Waals surface area contributed by atoms with Gasteiger partial charge in [-0.25, -0.2) is 9.78 Å². The molecule has 3 heterocycles. The van der Waals surface area contributed by atoms with E-state index < -0.39 is 11.7 Å². The molecule has 9 nitrogen and oxygen atoms in total. The van der Waals surface area contributed by atoms with Crippen LogP contribution in [0.5, 0.6) is 5.75 Å². The molecule has 3 aromatic heterocycles. The molecule has 4 aromatic rings. The van der Waals surface area contributed by atoms with Crippen LogP contribution in [-0.2, 0) is 11.8 Å². The number of nitrogens with one attached hydrogen (secondary N) is 1. The number of hydrogen-bond donors (Lipinski definition) is 1. The van der Waals surface area contributed by atoms with E-state index in [9.17, 15) is 9.59 Å². The van der Waals surface area contributed by atoms with Gasteiger partial charge in [0.15, 0.2) is 12.2 Å². The third-order valence-corrected chi connectivity index (χ3v) is 5.72. The smallest absolute Gasteiger partial charge is 0.407 e. The highest BCUT2D eigenvalue weighted by Gasteiger charge is 2.22. The number of nitrogens with zero attached hydrogens (tertiary/aromatic N) is 3. The normalized spacial score (nSPS) is 12.8. The molecule has 9 heteroatoms. The standard InChI is InChI=1S/C27H32N4O5/c1-16(2)9-17(30-26(33)36-27(3,4)5)14-34-23-11-22-19(10-20(23)24-13-29-15-35-24)18-7-8-28-12-21(18)25(32)31(22)6/h7-8,10-13,15-17H,9,14H2,1-6H3,(H,30,33)/t17-/m0/s1. The van der Waals surface area contributed by atoms with Crippen molar-refractivity contribution in [1.82, 2.24) is 19.9 Å². The Hall–Kier alpha value is -3.88. The average molecular weight is 493 g/mol. The van der Waals surface area contributed by atoms with Gasteiger partial charge in [0.05, 0.1) is 28.7 Å². The van der Waals surface area contributed by atoms with Gasteiger partial charge in [-0.15, -0.1) is 0 Å². The minimum Gasteiger partial charge on any atom is -0.491 e. The fraction of sp³-hybridized carbons (Fsp3) is 0.407. The predicted molar refractivity (Wildman–Crippen MR) is 138 cm³/mol. The van der Waals surface area contributed by atoms with Gasteiger partial charge in [-0.3, -0.25) is 9.78 Å². The van der Waals surface area contributed by atoms with E-state index in [1.807, 2.05) is 39.0 Å². The monoisotopic (exact) mass is 492 g/mol. The number of amides is 1. The molecule has 0 fully saturated rings. The maximum atomic E-state index is 13.0. The van der Waals surface area contributed by atoms with Gasteiger partial charge in [0.1, 0.15) is 18.0 Å². The number of aryl methyl sites for hydroxylation is 1. The van der Waals surface area contributed by atoms with Crippen LogP contribution in [0.15, 0.2) is 52.4 Å². The molecule has 4 rings (SSSR count). The maximum Gasteiger partial charge on any atom is 0.407 e. The molecular weight excluding hydrogens is 460 g/mol. The number of fused-ring (bicyclic) bond motifs is 3. The number of carbonyl (C=O) groups excluding carboxylic acids is 1. The molecule has 0 spiro atoms. The molecule has 0 radical (unpaired) electrons. The molecule has 36 heavy (non-hydrogen) atoms. The average Bonchev–Trinajstić information content (AvgIpc) is 3.33. The predicted octanol–water partition coefficient (Wildman–Crippen LogP) is 5.06. The number of rotatable bonds is 7. The van der Waals surface area contributed by atoms with Crippen LogP contribution in [0.3, 0.4) is 0 Å². The van der Waals surface area contributed by atoms with Crippen molar-refractivity contribution in [1.29, 1.82) is 0 Å². The summed E-state index contributed by atoms with van der Waals surface area (Å²) in [5, 5.41) is 5.11. The van der Waals surface area contributed by atoms with Crippen LogP contribution in [0.2, 0.25) is 0 Å². The second kappa shape index (κ2) is 10.0. The lowest BCUT2D eigenvalue weighted by atomic mass is 10.0. The Kier molecular flexibility index (Phi) is 7.01. The first-order chi connectivity index (χ1) is 17.0. The van der Waals surface area contributed by atoms with Crippen molar-refractivity contribution < 1.29 is 18.7 Å². The lowest BCUT2D eigenvalue weighted by Crippen LogP contribution is -2.42. The molecule has 1 amide bonds. The van der Waals surface area contributed by atoms with Gasteiger partial charge >= 0.3 is 6.09 Å². The van der Waals surface area contributed by atoms with Gasteiger partial charge in [-0.05, 0) is 50.6 Å². The van der Waals surface area contributed by atoms with Crippen LogP contribution in [-0.4, -0.2) is 38.9 Å². The molecule has 0 aliphatic carbocycles. The molecule has 190 valence electrons. The first kappa shape index (κ1) is 25.2. The number of carbonyl (C=O) groups is 1. The number of pyridine rings is 2. The third kappa shape index (κ3) is 5.50. The first-order valence-corrected chi connectivity index (χ1v) is 11.9. The van der Waals surface area contributed by atoms with Gasteiger partial charge < -0.3 is 23.8 Å². The van der Waals surface area contributed by atoms with Crippen molar-refractivity contribution >= 4 is 27.8 Å². The fourth-order valence-corrected chi connectivity index (χ4v) is 4.22. The van der Waals surface area contributed by atoms with E-state index in [0.717, 1.165) is 10.8 Å². The van der Waals surface area contributed by atoms with Crippen molar-refractivity contribution in [2.45, 2.75) is 52.7 Å². The van der Waals surface area contributed by atoms with Crippen LogP contribution < -0.4 is 15.6 Å². The summed E-state index contributed by atoms with van der Waals surface area (Å²) in [4.78, 5) is 33.6. The third-order valence-electron chi connectivity index (χ3n) is 5.72. The molecular formula is C27H32N4O5. The molecule has 0 aliphatic heterocycles. The zero-order valence-electron chi connectivity index (χ0n) is 21.5. The van der Waals surface area contributed by atoms with E-state index >= 15 is 0 Å². The van der Waals surface area contributed by atoms with Crippen LogP contribution in [0.25, 0.3) is 33.0 Å². The first-order valence-electron chi connectivity index (χ1n) is 11.9. The van der Waals surface area contributed by atoms with Crippen LogP contribution in [0.4, 0.5) is 4.79 Å². The summed E-state index contributed by atoms with van der Waals surface area (Å²) in [6.07, 6.45) is 6.42. The largest absolute Gasteiger partial charge is 0.491 e. The molecule has 1 aromatic carbocycles. The Balaban J connectivity index is 1.74. The maximum absolute atomic E-state index is 13.0. The topological polar surface area (TPSA) is 108 Å². The van der Waals surface area contributed by atoms with E-state index in [0.29, 0.717) is 40.3 Å². The zero-order chi connectivity index (χ0) is 26.0. The summed E-state index contributed by atoms with van der Waals surface area (Å²) in [6.45, 7) is 9.83.